The Kier molecular flexibility index (Phi) is 6.38. The Morgan fingerprint density at radius 3 is 1.93 bits per heavy atom. The van der Waals surface area contributed by atoms with Crippen molar-refractivity contribution in [1.82, 2.24) is 10.9 Å². The maximum atomic E-state index is 3.41. The Hall–Kier alpha value is -0.0800. The summed E-state index contributed by atoms with van der Waals surface area (Å²) in [6.45, 7) is 14.5. The highest BCUT2D eigenvalue weighted by atomic mass is 15.4. The minimum Gasteiger partial charge on any atom is -0.257 e. The van der Waals surface area contributed by atoms with Crippen LogP contribution < -0.4 is 10.9 Å². The predicted molar refractivity (Wildman–Crippen MR) is 64.1 cm³/mol. The Morgan fingerprint density at radius 1 is 1.07 bits per heavy atom. The lowest BCUT2D eigenvalue weighted by Crippen LogP contribution is -2.52. The molecule has 0 bridgehead atoms. The maximum absolute atomic E-state index is 3.41. The van der Waals surface area contributed by atoms with Crippen LogP contribution in [0.4, 0.5) is 0 Å². The maximum Gasteiger partial charge on any atom is 0.0290 e. The van der Waals surface area contributed by atoms with Crippen LogP contribution in [0, 0.1) is 11.8 Å². The third kappa shape index (κ3) is 4.97. The van der Waals surface area contributed by atoms with Gasteiger partial charge in [0.2, 0.25) is 0 Å². The molecule has 2 N–H and O–H groups in total. The normalized spacial score (nSPS) is 12.9. The van der Waals surface area contributed by atoms with Gasteiger partial charge < -0.3 is 0 Å². The number of nitrogens with one attached hydrogen (secondary N) is 2. The van der Waals surface area contributed by atoms with Gasteiger partial charge in [-0.2, -0.15) is 0 Å². The molecular formula is C12H28N2. The van der Waals surface area contributed by atoms with Gasteiger partial charge in [-0.25, -0.2) is 0 Å². The van der Waals surface area contributed by atoms with Crippen molar-refractivity contribution in [3.05, 3.63) is 0 Å². The average molecular weight is 200 g/mol. The fourth-order valence-corrected chi connectivity index (χ4v) is 1.14. The summed E-state index contributed by atoms with van der Waals surface area (Å²) in [5, 5.41) is 0. The lowest BCUT2D eigenvalue weighted by atomic mass is 9.92. The van der Waals surface area contributed by atoms with Gasteiger partial charge in [0.05, 0.1) is 0 Å². The van der Waals surface area contributed by atoms with Crippen molar-refractivity contribution >= 4 is 0 Å². The highest BCUT2D eigenvalue weighted by Gasteiger charge is 2.21. The second-order valence-corrected chi connectivity index (χ2v) is 5.06. The van der Waals surface area contributed by atoms with Gasteiger partial charge in [0.1, 0.15) is 0 Å². The summed E-state index contributed by atoms with van der Waals surface area (Å²) in [5.41, 5.74) is 6.94. The Bertz CT molecular complexity index is 137. The smallest absolute Gasteiger partial charge is 0.0290 e. The van der Waals surface area contributed by atoms with Crippen LogP contribution in [0.2, 0.25) is 0 Å². The largest absolute Gasteiger partial charge is 0.257 e. The number of hydrogen-bond donors (Lipinski definition) is 2. The van der Waals surface area contributed by atoms with Gasteiger partial charge in [0.25, 0.3) is 0 Å². The Labute approximate surface area is 89.8 Å². The van der Waals surface area contributed by atoms with Gasteiger partial charge in [0.15, 0.2) is 0 Å². The van der Waals surface area contributed by atoms with E-state index in [9.17, 15) is 0 Å². The van der Waals surface area contributed by atoms with E-state index in [0.717, 1.165) is 12.5 Å². The minimum absolute atomic E-state index is 0.173. The van der Waals surface area contributed by atoms with E-state index < -0.39 is 0 Å². The molecular weight excluding hydrogens is 172 g/mol. The number of rotatable bonds is 7. The molecule has 0 saturated carbocycles. The third-order valence-electron chi connectivity index (χ3n) is 3.40. The molecule has 0 aliphatic heterocycles. The molecule has 14 heavy (non-hydrogen) atoms. The standard InChI is InChI=1S/C12H28N2/c1-7-11(8-2)9-13-14-12(5,6)10(3)4/h10-11,13-14H,7-9H2,1-6H3. The molecule has 0 spiro atoms. The molecule has 0 aromatic carbocycles. The zero-order valence-corrected chi connectivity index (χ0v) is 10.8. The molecule has 2 heteroatoms. The number of hydrazine groups is 1. The van der Waals surface area contributed by atoms with Gasteiger partial charge in [-0.3, -0.25) is 10.9 Å². The molecule has 0 saturated heterocycles. The average Bonchev–Trinajstić information content (AvgIpc) is 2.12. The van der Waals surface area contributed by atoms with Crippen molar-refractivity contribution in [2.45, 2.75) is 59.9 Å². The first-order chi connectivity index (χ1) is 6.44. The third-order valence-corrected chi connectivity index (χ3v) is 3.40. The molecule has 0 amide bonds. The van der Waals surface area contributed by atoms with E-state index in [1.807, 2.05) is 0 Å². The zero-order chi connectivity index (χ0) is 11.2. The summed E-state index contributed by atoms with van der Waals surface area (Å²) in [6.07, 6.45) is 2.51. The highest BCUT2D eigenvalue weighted by molar-refractivity contribution is 4.78. The van der Waals surface area contributed by atoms with Crippen LogP contribution in [-0.2, 0) is 0 Å². The quantitative estimate of drug-likeness (QED) is 0.617. The highest BCUT2D eigenvalue weighted by Crippen LogP contribution is 2.14. The van der Waals surface area contributed by atoms with Gasteiger partial charge in [-0.05, 0) is 25.7 Å². The van der Waals surface area contributed by atoms with Crippen molar-refractivity contribution in [2.75, 3.05) is 6.54 Å². The summed E-state index contributed by atoms with van der Waals surface area (Å²) in [4.78, 5) is 0. The summed E-state index contributed by atoms with van der Waals surface area (Å²) in [6, 6.07) is 0. The Morgan fingerprint density at radius 2 is 1.57 bits per heavy atom. The van der Waals surface area contributed by atoms with Crippen molar-refractivity contribution in [1.29, 1.82) is 0 Å². The van der Waals surface area contributed by atoms with E-state index in [1.54, 1.807) is 0 Å². The van der Waals surface area contributed by atoms with Crippen LogP contribution in [0.3, 0.4) is 0 Å². The van der Waals surface area contributed by atoms with Gasteiger partial charge in [-0.1, -0.05) is 40.5 Å². The second-order valence-electron chi connectivity index (χ2n) is 5.06. The minimum atomic E-state index is 0.173. The summed E-state index contributed by atoms with van der Waals surface area (Å²) in [7, 11) is 0. The van der Waals surface area contributed by atoms with E-state index in [4.69, 9.17) is 0 Å². The van der Waals surface area contributed by atoms with Crippen LogP contribution in [0.15, 0.2) is 0 Å². The van der Waals surface area contributed by atoms with Crippen molar-refractivity contribution in [3.63, 3.8) is 0 Å². The van der Waals surface area contributed by atoms with Crippen LogP contribution in [0.1, 0.15) is 54.4 Å². The van der Waals surface area contributed by atoms with E-state index >= 15 is 0 Å². The molecule has 0 aromatic heterocycles. The van der Waals surface area contributed by atoms with E-state index in [1.165, 1.54) is 12.8 Å². The van der Waals surface area contributed by atoms with E-state index in [0.29, 0.717) is 5.92 Å². The van der Waals surface area contributed by atoms with Crippen LogP contribution in [-0.4, -0.2) is 12.1 Å². The molecule has 0 aromatic rings. The van der Waals surface area contributed by atoms with Crippen LogP contribution in [0.25, 0.3) is 0 Å². The fraction of sp³-hybridized carbons (Fsp3) is 1.00. The molecule has 0 radical (unpaired) electrons. The topological polar surface area (TPSA) is 24.1 Å². The summed E-state index contributed by atoms with van der Waals surface area (Å²) in [5.74, 6) is 1.43. The van der Waals surface area contributed by atoms with Gasteiger partial charge in [0, 0.05) is 12.1 Å². The molecule has 2 nitrogen and oxygen atoms in total. The SMILES string of the molecule is CCC(CC)CNNC(C)(C)C(C)C. The molecule has 0 fully saturated rings. The predicted octanol–water partition coefficient (Wildman–Crippen LogP) is 2.95. The first-order valence-electron chi connectivity index (χ1n) is 5.94. The summed E-state index contributed by atoms with van der Waals surface area (Å²) >= 11 is 0. The van der Waals surface area contributed by atoms with E-state index in [-0.39, 0.29) is 5.54 Å². The van der Waals surface area contributed by atoms with Crippen molar-refractivity contribution in [2.24, 2.45) is 11.8 Å². The number of hydrogen-bond acceptors (Lipinski definition) is 2. The van der Waals surface area contributed by atoms with Gasteiger partial charge >= 0.3 is 0 Å². The van der Waals surface area contributed by atoms with Crippen LogP contribution in [0.5, 0.6) is 0 Å². The van der Waals surface area contributed by atoms with Crippen molar-refractivity contribution in [3.8, 4) is 0 Å². The monoisotopic (exact) mass is 200 g/mol. The zero-order valence-electron chi connectivity index (χ0n) is 10.8. The molecule has 0 unspecified atom stereocenters. The van der Waals surface area contributed by atoms with Crippen molar-refractivity contribution < 1.29 is 0 Å². The first-order valence-corrected chi connectivity index (χ1v) is 5.94. The second kappa shape index (κ2) is 6.41. The molecule has 0 heterocycles. The van der Waals surface area contributed by atoms with Crippen LogP contribution >= 0.6 is 0 Å². The van der Waals surface area contributed by atoms with Gasteiger partial charge in [-0.15, -0.1) is 0 Å². The molecule has 0 aliphatic carbocycles. The fourth-order valence-electron chi connectivity index (χ4n) is 1.14. The molecule has 0 rings (SSSR count). The molecule has 0 atom stereocenters. The lowest BCUT2D eigenvalue weighted by Gasteiger charge is -2.31. The lowest BCUT2D eigenvalue weighted by molar-refractivity contribution is 0.238. The molecule has 0 aliphatic rings. The van der Waals surface area contributed by atoms with E-state index in [2.05, 4.69) is 52.4 Å². The first kappa shape index (κ1) is 13.9. The molecule has 86 valence electrons. The summed E-state index contributed by atoms with van der Waals surface area (Å²) < 4.78 is 0. The Balaban J connectivity index is 3.72.